The molecule has 0 radical (unpaired) electrons. The van der Waals surface area contributed by atoms with Crippen LogP contribution in [0.15, 0.2) is 0 Å². The Hall–Kier alpha value is -0.220. The third kappa shape index (κ3) is 1.33. The fourth-order valence-electron chi connectivity index (χ4n) is 1.41. The molecule has 1 aliphatic heterocycles. The van der Waals surface area contributed by atoms with Crippen LogP contribution in [0.25, 0.3) is 0 Å². The van der Waals surface area contributed by atoms with Gasteiger partial charge in [-0.05, 0) is 14.0 Å². The van der Waals surface area contributed by atoms with Crippen molar-refractivity contribution in [2.45, 2.75) is 24.6 Å². The lowest BCUT2D eigenvalue weighted by atomic mass is 9.96. The molecule has 0 saturated carbocycles. The molecule has 1 fully saturated rings. The molecule has 0 aromatic rings. The minimum absolute atomic E-state index is 0.161. The van der Waals surface area contributed by atoms with Crippen molar-refractivity contribution in [1.82, 2.24) is 4.90 Å². The summed E-state index contributed by atoms with van der Waals surface area (Å²) in [5, 5.41) is 9.24. The van der Waals surface area contributed by atoms with Gasteiger partial charge >= 0.3 is 5.97 Å². The van der Waals surface area contributed by atoms with E-state index in [-0.39, 0.29) is 5.25 Å². The average Bonchev–Trinajstić information content (AvgIpc) is 1.99. The quantitative estimate of drug-likeness (QED) is 0.665. The van der Waals surface area contributed by atoms with Crippen LogP contribution < -0.4 is 0 Å². The van der Waals surface area contributed by atoms with Crippen molar-refractivity contribution in [1.29, 1.82) is 0 Å². The number of carboxylic acid groups (broad SMARTS) is 1. The summed E-state index contributed by atoms with van der Waals surface area (Å²) in [4.78, 5) is 13.0. The molecule has 1 N–H and O–H groups in total. The predicted molar refractivity (Wildman–Crippen MR) is 50.6 cm³/mol. The van der Waals surface area contributed by atoms with Crippen LogP contribution in [0.5, 0.6) is 0 Å². The highest BCUT2D eigenvalue weighted by molar-refractivity contribution is 8.00. The average molecular weight is 189 g/mol. The molecular formula is C8H15NO2S. The summed E-state index contributed by atoms with van der Waals surface area (Å²) in [7, 11) is 1.88. The Kier molecular flexibility index (Phi) is 2.68. The van der Waals surface area contributed by atoms with E-state index in [4.69, 9.17) is 5.11 Å². The number of carboxylic acids is 1. The summed E-state index contributed by atoms with van der Waals surface area (Å²) in [6, 6.07) is 0. The summed E-state index contributed by atoms with van der Waals surface area (Å²) >= 11 is 1.73. The molecule has 1 heterocycles. The second-order valence-electron chi connectivity index (χ2n) is 3.39. The molecule has 0 amide bonds. The molecule has 0 bridgehead atoms. The van der Waals surface area contributed by atoms with E-state index >= 15 is 0 Å². The van der Waals surface area contributed by atoms with Gasteiger partial charge in [0.25, 0.3) is 0 Å². The highest BCUT2D eigenvalue weighted by Crippen LogP contribution is 2.32. The summed E-state index contributed by atoms with van der Waals surface area (Å²) in [6.07, 6.45) is 0. The van der Waals surface area contributed by atoms with Gasteiger partial charge < -0.3 is 5.11 Å². The minimum atomic E-state index is -0.718. The van der Waals surface area contributed by atoms with Crippen LogP contribution in [0.3, 0.4) is 0 Å². The zero-order valence-corrected chi connectivity index (χ0v) is 8.52. The summed E-state index contributed by atoms with van der Waals surface area (Å²) in [5.41, 5.74) is -0.692. The van der Waals surface area contributed by atoms with Gasteiger partial charge in [0, 0.05) is 17.5 Å². The first kappa shape index (κ1) is 9.86. The Morgan fingerprint density at radius 3 is 2.67 bits per heavy atom. The zero-order chi connectivity index (χ0) is 9.35. The van der Waals surface area contributed by atoms with E-state index in [0.717, 1.165) is 12.3 Å². The molecule has 3 nitrogen and oxygen atoms in total. The normalized spacial score (nSPS) is 38.1. The molecule has 12 heavy (non-hydrogen) atoms. The van der Waals surface area contributed by atoms with Crippen LogP contribution in [0.4, 0.5) is 0 Å². The zero-order valence-electron chi connectivity index (χ0n) is 7.70. The second-order valence-corrected chi connectivity index (χ2v) is 4.84. The largest absolute Gasteiger partial charge is 0.480 e. The fraction of sp³-hybridized carbons (Fsp3) is 0.875. The number of hydrogen-bond donors (Lipinski definition) is 1. The number of hydrogen-bond acceptors (Lipinski definition) is 3. The van der Waals surface area contributed by atoms with Crippen molar-refractivity contribution in [3.63, 3.8) is 0 Å². The van der Waals surface area contributed by atoms with E-state index in [1.165, 1.54) is 0 Å². The van der Waals surface area contributed by atoms with Crippen molar-refractivity contribution in [2.24, 2.45) is 0 Å². The van der Waals surface area contributed by atoms with Crippen LogP contribution in [-0.2, 0) is 4.79 Å². The first-order valence-electron chi connectivity index (χ1n) is 4.06. The molecule has 0 aromatic carbocycles. The lowest BCUT2D eigenvalue weighted by molar-refractivity contribution is -0.149. The van der Waals surface area contributed by atoms with Crippen molar-refractivity contribution in [2.75, 3.05) is 19.3 Å². The second kappa shape index (κ2) is 3.26. The number of likely N-dealkylation sites (N-methyl/N-ethyl adjacent to an activating group) is 1. The van der Waals surface area contributed by atoms with E-state index in [0.29, 0.717) is 0 Å². The van der Waals surface area contributed by atoms with Crippen molar-refractivity contribution in [3.8, 4) is 0 Å². The van der Waals surface area contributed by atoms with Gasteiger partial charge in [-0.1, -0.05) is 6.92 Å². The number of carbonyl (C=O) groups is 1. The number of rotatable bonds is 1. The first-order valence-corrected chi connectivity index (χ1v) is 5.10. The summed E-state index contributed by atoms with van der Waals surface area (Å²) < 4.78 is 0. The Morgan fingerprint density at radius 2 is 2.33 bits per heavy atom. The molecular weight excluding hydrogens is 174 g/mol. The monoisotopic (exact) mass is 189 g/mol. The molecule has 1 rings (SSSR count). The van der Waals surface area contributed by atoms with Crippen LogP contribution in [0.2, 0.25) is 0 Å². The van der Waals surface area contributed by atoms with E-state index in [2.05, 4.69) is 0 Å². The van der Waals surface area contributed by atoms with Crippen molar-refractivity contribution >= 4 is 17.7 Å². The van der Waals surface area contributed by atoms with Gasteiger partial charge in [-0.3, -0.25) is 9.69 Å². The maximum atomic E-state index is 11.0. The molecule has 4 heteroatoms. The third-order valence-electron chi connectivity index (χ3n) is 2.81. The lowest BCUT2D eigenvalue weighted by Crippen LogP contribution is -2.59. The SMILES string of the molecule is CC1SCCN(C)C1(C)C(=O)O. The highest BCUT2D eigenvalue weighted by Gasteiger charge is 2.45. The molecule has 2 atom stereocenters. The van der Waals surface area contributed by atoms with Gasteiger partial charge in [-0.25, -0.2) is 0 Å². The third-order valence-corrected chi connectivity index (χ3v) is 4.19. The molecule has 70 valence electrons. The van der Waals surface area contributed by atoms with Gasteiger partial charge in [0.1, 0.15) is 5.54 Å². The maximum absolute atomic E-state index is 11.0. The number of nitrogens with zero attached hydrogens (tertiary/aromatic N) is 1. The van der Waals surface area contributed by atoms with Gasteiger partial charge in [0.15, 0.2) is 0 Å². The molecule has 1 saturated heterocycles. The van der Waals surface area contributed by atoms with Gasteiger partial charge in [0.2, 0.25) is 0 Å². The summed E-state index contributed by atoms with van der Waals surface area (Å²) in [5.74, 6) is 0.310. The van der Waals surface area contributed by atoms with Crippen LogP contribution in [0, 0.1) is 0 Å². The topological polar surface area (TPSA) is 40.5 Å². The van der Waals surface area contributed by atoms with E-state index in [1.807, 2.05) is 18.9 Å². The molecule has 0 aliphatic carbocycles. The number of thioether (sulfide) groups is 1. The fourth-order valence-corrected chi connectivity index (χ4v) is 2.75. The Balaban J connectivity index is 2.87. The predicted octanol–water partition coefficient (Wildman–Crippen LogP) is 0.897. The molecule has 0 aromatic heterocycles. The molecule has 0 spiro atoms. The van der Waals surface area contributed by atoms with Crippen LogP contribution in [-0.4, -0.2) is 46.1 Å². The standard InChI is InChI=1S/C8H15NO2S/c1-6-8(2,7(10)11)9(3)4-5-12-6/h6H,4-5H2,1-3H3,(H,10,11). The smallest absolute Gasteiger partial charge is 0.324 e. The van der Waals surface area contributed by atoms with Crippen LogP contribution in [0.1, 0.15) is 13.8 Å². The van der Waals surface area contributed by atoms with Gasteiger partial charge in [0.05, 0.1) is 0 Å². The van der Waals surface area contributed by atoms with E-state index in [9.17, 15) is 4.79 Å². The Bertz CT molecular complexity index is 185. The van der Waals surface area contributed by atoms with E-state index < -0.39 is 11.5 Å². The van der Waals surface area contributed by atoms with E-state index in [1.54, 1.807) is 18.7 Å². The number of aliphatic carboxylic acids is 1. The highest BCUT2D eigenvalue weighted by atomic mass is 32.2. The Labute approximate surface area is 77.1 Å². The maximum Gasteiger partial charge on any atom is 0.324 e. The summed E-state index contributed by atoms with van der Waals surface area (Å²) in [6.45, 7) is 4.64. The van der Waals surface area contributed by atoms with Crippen molar-refractivity contribution in [3.05, 3.63) is 0 Å². The van der Waals surface area contributed by atoms with Crippen molar-refractivity contribution < 1.29 is 9.90 Å². The van der Waals surface area contributed by atoms with Crippen LogP contribution >= 0.6 is 11.8 Å². The molecule has 2 unspecified atom stereocenters. The first-order chi connectivity index (χ1) is 5.49. The van der Waals surface area contributed by atoms with Gasteiger partial charge in [-0.15, -0.1) is 0 Å². The lowest BCUT2D eigenvalue weighted by Gasteiger charge is -2.43. The van der Waals surface area contributed by atoms with Gasteiger partial charge in [-0.2, -0.15) is 11.8 Å². The molecule has 1 aliphatic rings. The minimum Gasteiger partial charge on any atom is -0.480 e. The Morgan fingerprint density at radius 1 is 1.75 bits per heavy atom.